The van der Waals surface area contributed by atoms with Gasteiger partial charge in [-0.25, -0.2) is 4.79 Å². The highest BCUT2D eigenvalue weighted by Gasteiger charge is 2.05. The van der Waals surface area contributed by atoms with Crippen LogP contribution in [0.25, 0.3) is 0 Å². The van der Waals surface area contributed by atoms with Crippen LogP contribution < -0.4 is 10.1 Å². The maximum Gasteiger partial charge on any atom is 0.341 e. The summed E-state index contributed by atoms with van der Waals surface area (Å²) in [6.07, 6.45) is 0. The quantitative estimate of drug-likeness (QED) is 0.757. The summed E-state index contributed by atoms with van der Waals surface area (Å²) in [5.41, 5.74) is 0.431. The Labute approximate surface area is 86.7 Å². The summed E-state index contributed by atoms with van der Waals surface area (Å²) in [5, 5.41) is 10.9. The van der Waals surface area contributed by atoms with Gasteiger partial charge >= 0.3 is 5.97 Å². The van der Waals surface area contributed by atoms with Crippen molar-refractivity contribution in [3.05, 3.63) is 29.8 Å². The number of hydrogen-bond donors (Lipinski definition) is 2. The molecule has 5 heteroatoms. The maximum absolute atomic E-state index is 11.2. The molecule has 0 aliphatic carbocycles. The van der Waals surface area contributed by atoms with Gasteiger partial charge in [0.25, 0.3) is 5.91 Å². The molecule has 0 saturated carbocycles. The van der Waals surface area contributed by atoms with E-state index in [2.05, 4.69) is 5.32 Å². The third-order valence-electron chi connectivity index (χ3n) is 1.69. The number of rotatable bonds is 4. The van der Waals surface area contributed by atoms with Gasteiger partial charge in [-0.1, -0.05) is 6.07 Å². The number of benzene rings is 1. The fraction of sp³-hybridized carbons (Fsp3) is 0.200. The number of hydrogen-bond acceptors (Lipinski definition) is 3. The maximum atomic E-state index is 11.2. The lowest BCUT2D eigenvalue weighted by atomic mass is 10.2. The Morgan fingerprint density at radius 2 is 2.20 bits per heavy atom. The largest absolute Gasteiger partial charge is 0.482 e. The lowest BCUT2D eigenvalue weighted by Crippen LogP contribution is -2.17. The van der Waals surface area contributed by atoms with Crippen molar-refractivity contribution in [2.75, 3.05) is 13.7 Å². The summed E-state index contributed by atoms with van der Waals surface area (Å²) in [7, 11) is 1.52. The van der Waals surface area contributed by atoms with Crippen LogP contribution in [0, 0.1) is 0 Å². The van der Waals surface area contributed by atoms with Crippen LogP contribution in [0.1, 0.15) is 10.4 Å². The monoisotopic (exact) mass is 209 g/mol. The molecular weight excluding hydrogens is 198 g/mol. The second kappa shape index (κ2) is 4.99. The number of carbonyl (C=O) groups excluding carboxylic acids is 1. The SMILES string of the molecule is CNC(=O)c1cccc(OCC(=O)O)c1. The highest BCUT2D eigenvalue weighted by Crippen LogP contribution is 2.12. The summed E-state index contributed by atoms with van der Waals surface area (Å²) in [4.78, 5) is 21.5. The molecule has 15 heavy (non-hydrogen) atoms. The van der Waals surface area contributed by atoms with E-state index >= 15 is 0 Å². The topological polar surface area (TPSA) is 75.6 Å². The van der Waals surface area contributed by atoms with Crippen LogP contribution in [0.3, 0.4) is 0 Å². The van der Waals surface area contributed by atoms with E-state index < -0.39 is 12.6 Å². The Hall–Kier alpha value is -2.04. The summed E-state index contributed by atoms with van der Waals surface area (Å²) in [6, 6.07) is 6.32. The smallest absolute Gasteiger partial charge is 0.341 e. The number of ether oxygens (including phenoxy) is 1. The molecule has 0 aliphatic rings. The number of amides is 1. The molecule has 1 aromatic carbocycles. The third-order valence-corrected chi connectivity index (χ3v) is 1.69. The molecule has 0 radical (unpaired) electrons. The van der Waals surface area contributed by atoms with Gasteiger partial charge in [-0.05, 0) is 18.2 Å². The van der Waals surface area contributed by atoms with E-state index in [1.807, 2.05) is 0 Å². The van der Waals surface area contributed by atoms with Gasteiger partial charge in [0.1, 0.15) is 5.75 Å². The molecule has 0 unspecified atom stereocenters. The van der Waals surface area contributed by atoms with E-state index in [-0.39, 0.29) is 5.91 Å². The minimum absolute atomic E-state index is 0.240. The number of nitrogens with one attached hydrogen (secondary N) is 1. The fourth-order valence-electron chi connectivity index (χ4n) is 1.02. The average Bonchev–Trinajstić information content (AvgIpc) is 2.25. The first-order chi connectivity index (χ1) is 7.13. The molecule has 0 bridgehead atoms. The Kier molecular flexibility index (Phi) is 3.68. The van der Waals surface area contributed by atoms with E-state index in [1.165, 1.54) is 13.1 Å². The predicted octanol–water partition coefficient (Wildman–Crippen LogP) is 0.510. The van der Waals surface area contributed by atoms with Gasteiger partial charge in [0, 0.05) is 12.6 Å². The van der Waals surface area contributed by atoms with Gasteiger partial charge in [0.05, 0.1) is 0 Å². The second-order valence-corrected chi connectivity index (χ2v) is 2.79. The molecule has 0 aliphatic heterocycles. The summed E-state index contributed by atoms with van der Waals surface area (Å²) < 4.78 is 4.92. The summed E-state index contributed by atoms with van der Waals surface area (Å²) >= 11 is 0. The van der Waals surface area contributed by atoms with Crippen LogP contribution in [0.15, 0.2) is 24.3 Å². The van der Waals surface area contributed by atoms with Gasteiger partial charge < -0.3 is 15.2 Å². The van der Waals surface area contributed by atoms with Gasteiger partial charge in [-0.3, -0.25) is 4.79 Å². The van der Waals surface area contributed by atoms with Crippen LogP contribution in [0.4, 0.5) is 0 Å². The van der Waals surface area contributed by atoms with Crippen LogP contribution in [0.5, 0.6) is 5.75 Å². The van der Waals surface area contributed by atoms with Crippen molar-refractivity contribution in [2.24, 2.45) is 0 Å². The zero-order valence-corrected chi connectivity index (χ0v) is 8.19. The molecule has 0 saturated heterocycles. The average molecular weight is 209 g/mol. The number of carboxylic acid groups (broad SMARTS) is 1. The van der Waals surface area contributed by atoms with Crippen molar-refractivity contribution < 1.29 is 19.4 Å². The molecule has 0 heterocycles. The van der Waals surface area contributed by atoms with Crippen molar-refractivity contribution in [1.82, 2.24) is 5.32 Å². The molecule has 0 spiro atoms. The van der Waals surface area contributed by atoms with Crippen molar-refractivity contribution in [1.29, 1.82) is 0 Å². The first kappa shape index (κ1) is 11.0. The highest BCUT2D eigenvalue weighted by molar-refractivity contribution is 5.94. The van der Waals surface area contributed by atoms with Crippen molar-refractivity contribution in [2.45, 2.75) is 0 Å². The van der Waals surface area contributed by atoms with E-state index in [0.29, 0.717) is 11.3 Å². The first-order valence-corrected chi connectivity index (χ1v) is 4.30. The van der Waals surface area contributed by atoms with E-state index in [4.69, 9.17) is 9.84 Å². The van der Waals surface area contributed by atoms with Crippen molar-refractivity contribution in [3.8, 4) is 5.75 Å². The van der Waals surface area contributed by atoms with Crippen LogP contribution in [-0.2, 0) is 4.79 Å². The molecular formula is C10H11NO4. The summed E-state index contributed by atoms with van der Waals surface area (Å²) in [6.45, 7) is -0.419. The summed E-state index contributed by atoms with van der Waals surface area (Å²) in [5.74, 6) is -0.936. The lowest BCUT2D eigenvalue weighted by molar-refractivity contribution is -0.139. The molecule has 1 aromatic rings. The highest BCUT2D eigenvalue weighted by atomic mass is 16.5. The number of aliphatic carboxylic acids is 1. The third kappa shape index (κ3) is 3.30. The molecule has 1 rings (SSSR count). The van der Waals surface area contributed by atoms with E-state index in [9.17, 15) is 9.59 Å². The Balaban J connectivity index is 2.74. The zero-order chi connectivity index (χ0) is 11.3. The van der Waals surface area contributed by atoms with E-state index in [0.717, 1.165) is 0 Å². The minimum Gasteiger partial charge on any atom is -0.482 e. The van der Waals surface area contributed by atoms with Gasteiger partial charge in [0.2, 0.25) is 0 Å². The zero-order valence-electron chi connectivity index (χ0n) is 8.19. The minimum atomic E-state index is -1.06. The van der Waals surface area contributed by atoms with Crippen LogP contribution in [0.2, 0.25) is 0 Å². The van der Waals surface area contributed by atoms with E-state index in [1.54, 1.807) is 18.2 Å². The number of carboxylic acids is 1. The predicted molar refractivity (Wildman–Crippen MR) is 53.0 cm³/mol. The molecule has 80 valence electrons. The van der Waals surface area contributed by atoms with Crippen LogP contribution in [-0.4, -0.2) is 30.6 Å². The van der Waals surface area contributed by atoms with Gasteiger partial charge in [-0.2, -0.15) is 0 Å². The molecule has 1 amide bonds. The molecule has 5 nitrogen and oxygen atoms in total. The Bertz CT molecular complexity index is 375. The Morgan fingerprint density at radius 1 is 1.47 bits per heavy atom. The molecule has 0 atom stereocenters. The molecule has 2 N–H and O–H groups in total. The van der Waals surface area contributed by atoms with Gasteiger partial charge in [-0.15, -0.1) is 0 Å². The van der Waals surface area contributed by atoms with Crippen LogP contribution >= 0.6 is 0 Å². The van der Waals surface area contributed by atoms with Crippen molar-refractivity contribution in [3.63, 3.8) is 0 Å². The standard InChI is InChI=1S/C10H11NO4/c1-11-10(14)7-3-2-4-8(5-7)15-6-9(12)13/h2-5H,6H2,1H3,(H,11,14)(H,12,13). The number of carbonyl (C=O) groups is 2. The molecule has 0 fully saturated rings. The van der Waals surface area contributed by atoms with Crippen molar-refractivity contribution >= 4 is 11.9 Å². The second-order valence-electron chi connectivity index (χ2n) is 2.79. The fourth-order valence-corrected chi connectivity index (χ4v) is 1.02. The first-order valence-electron chi connectivity index (χ1n) is 4.30. The normalized spacial score (nSPS) is 9.40. The lowest BCUT2D eigenvalue weighted by Gasteiger charge is -2.04. The molecule has 0 aromatic heterocycles. The Morgan fingerprint density at radius 3 is 2.80 bits per heavy atom. The van der Waals surface area contributed by atoms with Gasteiger partial charge in [0.15, 0.2) is 6.61 Å².